The average molecular weight is 334 g/mol. The highest BCUT2D eigenvalue weighted by atomic mass is 19.4. The first kappa shape index (κ1) is 18.9. The second kappa shape index (κ2) is 7.93. The standard InChI is InChI=1S/C14H17F3N2O4/c1-23-8-7-18-11(20)12(21)19-9-13(22,14(15,16)17)10-5-3-2-4-6-10/h2-6,22H,7-9H2,1H3,(H,18,20)(H,19,21). The summed E-state index contributed by atoms with van der Waals surface area (Å²) < 4.78 is 44.2. The summed E-state index contributed by atoms with van der Waals surface area (Å²) in [6.07, 6.45) is -5.03. The van der Waals surface area contributed by atoms with Crippen molar-refractivity contribution in [3.8, 4) is 0 Å². The Kier molecular flexibility index (Phi) is 6.52. The van der Waals surface area contributed by atoms with Gasteiger partial charge in [-0.3, -0.25) is 9.59 Å². The molecule has 1 aromatic carbocycles. The Morgan fingerprint density at radius 3 is 2.22 bits per heavy atom. The molecule has 1 atom stereocenters. The molecule has 0 aliphatic carbocycles. The predicted molar refractivity (Wildman–Crippen MR) is 74.3 cm³/mol. The summed E-state index contributed by atoms with van der Waals surface area (Å²) in [5, 5.41) is 13.9. The quantitative estimate of drug-likeness (QED) is 0.516. The van der Waals surface area contributed by atoms with Crippen LogP contribution >= 0.6 is 0 Å². The van der Waals surface area contributed by atoms with Crippen molar-refractivity contribution in [2.45, 2.75) is 11.8 Å². The molecule has 1 unspecified atom stereocenters. The van der Waals surface area contributed by atoms with E-state index in [0.29, 0.717) is 0 Å². The van der Waals surface area contributed by atoms with Crippen LogP contribution in [0.25, 0.3) is 0 Å². The summed E-state index contributed by atoms with van der Waals surface area (Å²) >= 11 is 0. The first-order valence-corrected chi connectivity index (χ1v) is 6.62. The Labute approximate surface area is 130 Å². The summed E-state index contributed by atoms with van der Waals surface area (Å²) in [5.41, 5.74) is -3.73. The van der Waals surface area contributed by atoms with E-state index in [1.54, 1.807) is 5.32 Å². The molecule has 0 aliphatic rings. The number of aliphatic hydroxyl groups is 1. The Hall–Kier alpha value is -2.13. The lowest BCUT2D eigenvalue weighted by atomic mass is 9.93. The van der Waals surface area contributed by atoms with Crippen molar-refractivity contribution in [1.82, 2.24) is 10.6 Å². The van der Waals surface area contributed by atoms with Crippen LogP contribution in [0.2, 0.25) is 0 Å². The van der Waals surface area contributed by atoms with Crippen molar-refractivity contribution in [1.29, 1.82) is 0 Å². The van der Waals surface area contributed by atoms with Crippen LogP contribution in [0.4, 0.5) is 13.2 Å². The van der Waals surface area contributed by atoms with Crippen molar-refractivity contribution < 1.29 is 32.6 Å². The lowest BCUT2D eigenvalue weighted by molar-refractivity contribution is -0.264. The number of methoxy groups -OCH3 is 1. The zero-order valence-electron chi connectivity index (χ0n) is 12.3. The Morgan fingerprint density at radius 1 is 1.13 bits per heavy atom. The first-order chi connectivity index (χ1) is 10.7. The second-order valence-electron chi connectivity index (χ2n) is 4.66. The van der Waals surface area contributed by atoms with Gasteiger partial charge in [0.2, 0.25) is 5.60 Å². The molecule has 0 aromatic heterocycles. The van der Waals surface area contributed by atoms with E-state index < -0.39 is 35.7 Å². The first-order valence-electron chi connectivity index (χ1n) is 6.62. The highest BCUT2D eigenvalue weighted by Crippen LogP contribution is 2.38. The fraction of sp³-hybridized carbons (Fsp3) is 0.429. The molecule has 2 amide bonds. The normalized spacial score (nSPS) is 14.0. The van der Waals surface area contributed by atoms with Crippen molar-refractivity contribution >= 4 is 11.8 Å². The van der Waals surface area contributed by atoms with Gasteiger partial charge in [0.1, 0.15) is 0 Å². The van der Waals surface area contributed by atoms with Crippen LogP contribution in [0.5, 0.6) is 0 Å². The van der Waals surface area contributed by atoms with E-state index in [2.05, 4.69) is 10.1 Å². The Bertz CT molecular complexity index is 537. The molecule has 1 rings (SSSR count). The van der Waals surface area contributed by atoms with E-state index in [9.17, 15) is 27.9 Å². The third-order valence-electron chi connectivity index (χ3n) is 3.02. The molecule has 0 aliphatic heterocycles. The molecule has 0 saturated heterocycles. The van der Waals surface area contributed by atoms with Crippen molar-refractivity contribution in [3.05, 3.63) is 35.9 Å². The predicted octanol–water partition coefficient (Wildman–Crippen LogP) is 0.315. The van der Waals surface area contributed by atoms with Crippen LogP contribution in [-0.2, 0) is 19.9 Å². The van der Waals surface area contributed by atoms with E-state index in [1.807, 2.05) is 0 Å². The highest BCUT2D eigenvalue weighted by Gasteiger charge is 2.55. The monoisotopic (exact) mass is 334 g/mol. The van der Waals surface area contributed by atoms with Gasteiger partial charge in [-0.05, 0) is 5.56 Å². The number of halogens is 3. The molecule has 6 nitrogen and oxygen atoms in total. The van der Waals surface area contributed by atoms with Crippen LogP contribution in [0.3, 0.4) is 0 Å². The number of amides is 2. The third-order valence-corrected chi connectivity index (χ3v) is 3.02. The molecule has 0 heterocycles. The molecule has 0 saturated carbocycles. The van der Waals surface area contributed by atoms with Crippen molar-refractivity contribution in [2.75, 3.05) is 26.8 Å². The summed E-state index contributed by atoms with van der Waals surface area (Å²) in [6.45, 7) is -1.00. The number of nitrogens with one attached hydrogen (secondary N) is 2. The zero-order valence-corrected chi connectivity index (χ0v) is 12.3. The van der Waals surface area contributed by atoms with Crippen LogP contribution < -0.4 is 10.6 Å². The van der Waals surface area contributed by atoms with Gasteiger partial charge in [-0.2, -0.15) is 13.2 Å². The van der Waals surface area contributed by atoms with Crippen molar-refractivity contribution in [3.63, 3.8) is 0 Å². The number of hydrogen-bond donors (Lipinski definition) is 3. The van der Waals surface area contributed by atoms with Gasteiger partial charge in [0.25, 0.3) is 0 Å². The van der Waals surface area contributed by atoms with E-state index in [-0.39, 0.29) is 13.2 Å². The van der Waals surface area contributed by atoms with Crippen LogP contribution in [0, 0.1) is 0 Å². The van der Waals surface area contributed by atoms with Gasteiger partial charge < -0.3 is 20.5 Å². The number of hydrogen-bond acceptors (Lipinski definition) is 4. The molecule has 1 aromatic rings. The fourth-order valence-corrected chi connectivity index (χ4v) is 1.72. The van der Waals surface area contributed by atoms with E-state index in [4.69, 9.17) is 0 Å². The Morgan fingerprint density at radius 2 is 1.70 bits per heavy atom. The van der Waals surface area contributed by atoms with Crippen LogP contribution in [0.15, 0.2) is 30.3 Å². The minimum Gasteiger partial charge on any atom is -0.383 e. The SMILES string of the molecule is COCCNC(=O)C(=O)NCC(O)(c1ccccc1)C(F)(F)F. The summed E-state index contributed by atoms with van der Waals surface area (Å²) in [7, 11) is 1.38. The zero-order chi connectivity index (χ0) is 17.5. The summed E-state index contributed by atoms with van der Waals surface area (Å²) in [4.78, 5) is 22.9. The van der Waals surface area contributed by atoms with Crippen LogP contribution in [0.1, 0.15) is 5.56 Å². The van der Waals surface area contributed by atoms with E-state index in [1.165, 1.54) is 25.3 Å². The number of rotatable bonds is 6. The number of carbonyl (C=O) groups excluding carboxylic acids is 2. The highest BCUT2D eigenvalue weighted by molar-refractivity contribution is 6.35. The van der Waals surface area contributed by atoms with E-state index >= 15 is 0 Å². The topological polar surface area (TPSA) is 87.7 Å². The van der Waals surface area contributed by atoms with Gasteiger partial charge in [0.15, 0.2) is 0 Å². The van der Waals surface area contributed by atoms with Gasteiger partial charge in [0, 0.05) is 13.7 Å². The largest absolute Gasteiger partial charge is 0.423 e. The van der Waals surface area contributed by atoms with Crippen LogP contribution in [-0.4, -0.2) is 49.9 Å². The molecule has 0 radical (unpaired) electrons. The Balaban J connectivity index is 2.77. The lowest BCUT2D eigenvalue weighted by Gasteiger charge is -2.31. The van der Waals surface area contributed by atoms with E-state index in [0.717, 1.165) is 12.1 Å². The van der Waals surface area contributed by atoms with Gasteiger partial charge in [-0.1, -0.05) is 30.3 Å². The molecule has 9 heteroatoms. The average Bonchev–Trinajstić information content (AvgIpc) is 2.52. The molecule has 0 spiro atoms. The maximum Gasteiger partial charge on any atom is 0.423 e. The second-order valence-corrected chi connectivity index (χ2v) is 4.66. The minimum atomic E-state index is -5.03. The fourth-order valence-electron chi connectivity index (χ4n) is 1.72. The van der Waals surface area contributed by atoms with Gasteiger partial charge >= 0.3 is 18.0 Å². The molecule has 128 valence electrons. The number of carbonyl (C=O) groups is 2. The molecular weight excluding hydrogens is 317 g/mol. The molecule has 3 N–H and O–H groups in total. The van der Waals surface area contributed by atoms with Gasteiger partial charge in [-0.25, -0.2) is 0 Å². The molecule has 0 fully saturated rings. The summed E-state index contributed by atoms with van der Waals surface area (Å²) in [5.74, 6) is -2.39. The lowest BCUT2D eigenvalue weighted by Crippen LogP contribution is -2.53. The summed E-state index contributed by atoms with van der Waals surface area (Å²) in [6, 6.07) is 6.30. The van der Waals surface area contributed by atoms with Crippen molar-refractivity contribution in [2.24, 2.45) is 0 Å². The number of ether oxygens (including phenoxy) is 1. The number of benzene rings is 1. The maximum atomic E-state index is 13.2. The molecule has 23 heavy (non-hydrogen) atoms. The minimum absolute atomic E-state index is 0.0327. The maximum absolute atomic E-state index is 13.2. The molecular formula is C14H17F3N2O4. The number of alkyl halides is 3. The smallest absolute Gasteiger partial charge is 0.383 e. The van der Waals surface area contributed by atoms with Gasteiger partial charge in [0.05, 0.1) is 13.2 Å². The third kappa shape index (κ3) is 4.93. The van der Waals surface area contributed by atoms with Gasteiger partial charge in [-0.15, -0.1) is 0 Å². The molecule has 0 bridgehead atoms.